The van der Waals surface area contributed by atoms with Crippen molar-refractivity contribution in [2.75, 3.05) is 0 Å². The minimum absolute atomic E-state index is 0.250. The summed E-state index contributed by atoms with van der Waals surface area (Å²) in [5, 5.41) is 0. The summed E-state index contributed by atoms with van der Waals surface area (Å²) in [7, 11) is 0. The molecule has 2 aromatic carbocycles. The van der Waals surface area contributed by atoms with Crippen molar-refractivity contribution in [3.05, 3.63) is 60.7 Å². The first-order valence-electron chi connectivity index (χ1n) is 8.63. The van der Waals surface area contributed by atoms with Crippen LogP contribution in [0.2, 0.25) is 0 Å². The van der Waals surface area contributed by atoms with E-state index < -0.39 is 21.1 Å². The van der Waals surface area contributed by atoms with Crippen LogP contribution in [0.5, 0.6) is 0 Å². The van der Waals surface area contributed by atoms with E-state index in [1.807, 2.05) is 0 Å². The van der Waals surface area contributed by atoms with Crippen molar-refractivity contribution in [2.24, 2.45) is 0 Å². The Morgan fingerprint density at radius 3 is 1.00 bits per heavy atom. The molecule has 0 atom stereocenters. The Hall–Kier alpha value is -2.08. The normalized spacial score (nSPS) is 9.04. The van der Waals surface area contributed by atoms with Crippen LogP contribution in [0, 0.1) is 0 Å². The van der Waals surface area contributed by atoms with Gasteiger partial charge in [0.15, 0.2) is 12.8 Å². The van der Waals surface area contributed by atoms with Gasteiger partial charge in [0.1, 0.15) is 0 Å². The van der Waals surface area contributed by atoms with E-state index in [4.69, 9.17) is 19.2 Å². The molecule has 4 nitrogen and oxygen atoms in total. The summed E-state index contributed by atoms with van der Waals surface area (Å²) in [6.07, 6.45) is 0.611. The van der Waals surface area contributed by atoms with Gasteiger partial charge in [-0.1, -0.05) is 0 Å². The van der Waals surface area contributed by atoms with Crippen molar-refractivity contribution in [3.8, 4) is 0 Å². The molecule has 27 heavy (non-hydrogen) atoms. The van der Waals surface area contributed by atoms with Gasteiger partial charge in [-0.2, -0.15) is 0 Å². The van der Waals surface area contributed by atoms with Crippen LogP contribution in [-0.4, -0.2) is 63.5 Å². The zero-order chi connectivity index (χ0) is 20.7. The summed E-state index contributed by atoms with van der Waals surface area (Å²) in [6.45, 7) is 6.22. The maximum atomic E-state index is 8.46. The van der Waals surface area contributed by atoms with E-state index in [2.05, 4.69) is 60.7 Å². The Morgan fingerprint density at radius 2 is 0.815 bits per heavy atom. The number of hydrogen-bond donors (Lipinski definition) is 0. The zero-order valence-corrected chi connectivity index (χ0v) is 19.3. The average Bonchev–Trinajstić information content (AvgIpc) is 2.55. The van der Waals surface area contributed by atoms with Gasteiger partial charge in [0.25, 0.3) is 0 Å². The summed E-state index contributed by atoms with van der Waals surface area (Å²) in [4.78, 5) is 33.8. The van der Waals surface area contributed by atoms with Crippen molar-refractivity contribution >= 4 is 51.4 Å². The van der Waals surface area contributed by atoms with Gasteiger partial charge in [-0.15, -0.1) is 0 Å². The molecule has 142 valence electrons. The molecule has 0 bridgehead atoms. The second-order valence-electron chi connectivity index (χ2n) is 6.15. The van der Waals surface area contributed by atoms with Gasteiger partial charge >= 0.3 is 112 Å². The van der Waals surface area contributed by atoms with Crippen LogP contribution in [0.15, 0.2) is 60.7 Å². The Balaban J connectivity index is 0.000000416. The summed E-state index contributed by atoms with van der Waals surface area (Å²) < 4.78 is 3.08. The quantitative estimate of drug-likeness (QED) is 0.348. The summed E-state index contributed by atoms with van der Waals surface area (Å²) in [5.41, 5.74) is 0. The molecule has 5 heteroatoms. The number of ketones is 4. The molecule has 2 rings (SSSR count). The second-order valence-corrected chi connectivity index (χ2v) is 10.2. The summed E-state index contributed by atoms with van der Waals surface area (Å²) in [5.74, 6) is 1.00. The molecule has 0 saturated carbocycles. The van der Waals surface area contributed by atoms with E-state index in [9.17, 15) is 0 Å². The standard InChI is InChI=1S/2C6H5.2C5H8O2.Sn/c2*1-2-4-6-5-3-1;2*1-4(6)3-5(2)7;/h2*1-5H;2*3H2,1-2H3;/p+4. The third kappa shape index (κ3) is 17.1. The van der Waals surface area contributed by atoms with Gasteiger partial charge in [-0.25, -0.2) is 0 Å². The third-order valence-corrected chi connectivity index (χ3v) is 6.41. The third-order valence-electron chi connectivity index (χ3n) is 2.86. The first-order valence-corrected chi connectivity index (χ1v) is 11.5. The summed E-state index contributed by atoms with van der Waals surface area (Å²) >= 11 is -0.517. The fourth-order valence-corrected chi connectivity index (χ4v) is 4.95. The van der Waals surface area contributed by atoms with Crippen molar-refractivity contribution in [1.82, 2.24) is 0 Å². The van der Waals surface area contributed by atoms with Crippen LogP contribution in [0.25, 0.3) is 0 Å². The molecular formula is C22H30O4Sn+4. The Labute approximate surface area is 171 Å². The Kier molecular flexibility index (Phi) is 13.9. The molecule has 0 unspecified atom stereocenters. The second kappa shape index (κ2) is 15.0. The van der Waals surface area contributed by atoms with E-state index in [1.165, 1.54) is 7.16 Å². The molecule has 2 aromatic rings. The van der Waals surface area contributed by atoms with E-state index in [0.717, 1.165) is 0 Å². The Bertz CT molecular complexity index is 637. The van der Waals surface area contributed by atoms with Crippen LogP contribution < -0.4 is 7.16 Å². The Morgan fingerprint density at radius 1 is 0.556 bits per heavy atom. The van der Waals surface area contributed by atoms with Gasteiger partial charge < -0.3 is 0 Å². The molecule has 0 saturated heterocycles. The SMILES string of the molecule is CC(=[OH+])CC(C)=[OH+].CC(=[OH+])CC(C)=[OH+].c1cc[c]([Sn][c]2ccccc2)cc1. The van der Waals surface area contributed by atoms with Crippen molar-refractivity contribution in [3.63, 3.8) is 0 Å². The van der Waals surface area contributed by atoms with Gasteiger partial charge in [-0.3, -0.25) is 19.2 Å². The van der Waals surface area contributed by atoms with Crippen LogP contribution >= 0.6 is 0 Å². The van der Waals surface area contributed by atoms with Crippen LogP contribution in [-0.2, 0) is 0 Å². The van der Waals surface area contributed by atoms with Gasteiger partial charge in [0.2, 0.25) is 0 Å². The van der Waals surface area contributed by atoms with Gasteiger partial charge in [0.05, 0.1) is 0 Å². The molecule has 0 heterocycles. The maximum absolute atomic E-state index is 8.46. The number of hydrogen-bond acceptors (Lipinski definition) is 0. The first-order chi connectivity index (χ1) is 12.7. The zero-order valence-electron chi connectivity index (χ0n) is 16.5. The molecule has 0 aliphatic rings. The molecule has 0 spiro atoms. The summed E-state index contributed by atoms with van der Waals surface area (Å²) in [6, 6.07) is 21.6. The molecule has 2 radical (unpaired) electrons. The molecule has 0 amide bonds. The van der Waals surface area contributed by atoms with E-state index >= 15 is 0 Å². The number of carbonyl (C=O) groups excluding carboxylic acids is 4. The van der Waals surface area contributed by atoms with E-state index in [1.54, 1.807) is 27.7 Å². The molecule has 0 aliphatic heterocycles. The van der Waals surface area contributed by atoms with Gasteiger partial charge in [-0.05, 0) is 0 Å². The topological polar surface area (TPSA) is 85.6 Å². The van der Waals surface area contributed by atoms with Crippen LogP contribution in [0.4, 0.5) is 0 Å². The van der Waals surface area contributed by atoms with E-state index in [-0.39, 0.29) is 23.1 Å². The number of rotatable bonds is 6. The van der Waals surface area contributed by atoms with Crippen molar-refractivity contribution in [1.29, 1.82) is 0 Å². The minimum atomic E-state index is -0.517. The molecular weight excluding hydrogens is 447 g/mol. The monoisotopic (exact) mass is 478 g/mol. The predicted molar refractivity (Wildman–Crippen MR) is 118 cm³/mol. The predicted octanol–water partition coefficient (Wildman–Crippen LogP) is 2.35. The molecule has 0 aromatic heterocycles. The number of benzene rings is 2. The van der Waals surface area contributed by atoms with Crippen molar-refractivity contribution in [2.45, 2.75) is 40.5 Å². The van der Waals surface area contributed by atoms with E-state index in [0.29, 0.717) is 12.8 Å². The first kappa shape index (κ1) is 24.9. The molecule has 0 fully saturated rings. The van der Waals surface area contributed by atoms with Crippen LogP contribution in [0.3, 0.4) is 0 Å². The fourth-order valence-electron chi connectivity index (χ4n) is 1.95. The molecule has 4 N–H and O–H groups in total. The van der Waals surface area contributed by atoms with Crippen molar-refractivity contribution < 1.29 is 19.2 Å². The van der Waals surface area contributed by atoms with Gasteiger partial charge in [0, 0.05) is 27.7 Å². The average molecular weight is 477 g/mol. The van der Waals surface area contributed by atoms with Crippen LogP contribution in [0.1, 0.15) is 40.5 Å². The molecule has 0 aliphatic carbocycles. The fraction of sp³-hybridized carbons (Fsp3) is 0.273.